The Morgan fingerprint density at radius 2 is 1.62 bits per heavy atom. The average molecular weight is 643 g/mol. The van der Waals surface area contributed by atoms with E-state index in [2.05, 4.69) is 31.8 Å². The SMILES string of the molecule is CCOc1cc(C=NNC(=O)CCCNC(=O)c2ccccc2Br)ccc1OC(=O)c1cc(OC)c(OC)c(OC)c1. The van der Waals surface area contributed by atoms with Crippen LogP contribution in [0.3, 0.4) is 0 Å². The molecule has 0 fully saturated rings. The van der Waals surface area contributed by atoms with Gasteiger partial charge in [-0.3, -0.25) is 9.59 Å². The molecule has 0 bridgehead atoms. The molecule has 42 heavy (non-hydrogen) atoms. The minimum Gasteiger partial charge on any atom is -0.493 e. The average Bonchev–Trinajstić information content (AvgIpc) is 2.99. The molecule has 222 valence electrons. The van der Waals surface area contributed by atoms with Gasteiger partial charge >= 0.3 is 5.97 Å². The van der Waals surface area contributed by atoms with Crippen LogP contribution in [0, 0.1) is 0 Å². The number of rotatable bonds is 14. The fraction of sp³-hybridized carbons (Fsp3) is 0.267. The first-order valence-corrected chi connectivity index (χ1v) is 13.7. The second-order valence-electron chi connectivity index (χ2n) is 8.58. The number of hydrogen-bond acceptors (Lipinski definition) is 9. The predicted molar refractivity (Wildman–Crippen MR) is 160 cm³/mol. The van der Waals surface area contributed by atoms with E-state index in [1.54, 1.807) is 43.3 Å². The van der Waals surface area contributed by atoms with Gasteiger partial charge in [0.15, 0.2) is 23.0 Å². The van der Waals surface area contributed by atoms with E-state index < -0.39 is 5.97 Å². The van der Waals surface area contributed by atoms with Crippen LogP contribution < -0.4 is 34.4 Å². The highest BCUT2D eigenvalue weighted by Gasteiger charge is 2.20. The second kappa shape index (κ2) is 16.0. The van der Waals surface area contributed by atoms with Gasteiger partial charge in [-0.25, -0.2) is 10.2 Å². The Labute approximate surface area is 252 Å². The van der Waals surface area contributed by atoms with Crippen LogP contribution in [-0.2, 0) is 4.79 Å². The molecule has 0 aromatic heterocycles. The highest BCUT2D eigenvalue weighted by Crippen LogP contribution is 2.39. The molecule has 2 N–H and O–H groups in total. The number of nitrogens with one attached hydrogen (secondary N) is 2. The van der Waals surface area contributed by atoms with Crippen LogP contribution in [0.25, 0.3) is 0 Å². The van der Waals surface area contributed by atoms with Gasteiger partial charge < -0.3 is 29.0 Å². The van der Waals surface area contributed by atoms with Crippen molar-refractivity contribution in [3.05, 3.63) is 75.8 Å². The fourth-order valence-corrected chi connectivity index (χ4v) is 4.21. The number of nitrogens with zero attached hydrogens (tertiary/aromatic N) is 1. The van der Waals surface area contributed by atoms with Gasteiger partial charge in [-0.15, -0.1) is 0 Å². The zero-order valence-corrected chi connectivity index (χ0v) is 25.3. The molecule has 2 amide bonds. The molecule has 3 aromatic carbocycles. The lowest BCUT2D eigenvalue weighted by atomic mass is 10.1. The van der Waals surface area contributed by atoms with E-state index in [4.69, 9.17) is 23.7 Å². The fourth-order valence-electron chi connectivity index (χ4n) is 3.74. The van der Waals surface area contributed by atoms with Crippen molar-refractivity contribution >= 4 is 39.9 Å². The van der Waals surface area contributed by atoms with Gasteiger partial charge in [0.25, 0.3) is 5.91 Å². The van der Waals surface area contributed by atoms with E-state index in [0.29, 0.717) is 58.2 Å². The molecule has 3 rings (SSSR count). The van der Waals surface area contributed by atoms with E-state index >= 15 is 0 Å². The summed E-state index contributed by atoms with van der Waals surface area (Å²) in [6, 6.07) is 14.9. The van der Waals surface area contributed by atoms with Crippen molar-refractivity contribution in [1.82, 2.24) is 10.7 Å². The lowest BCUT2D eigenvalue weighted by Crippen LogP contribution is -2.26. The predicted octanol–water partition coefficient (Wildman–Crippen LogP) is 4.75. The van der Waals surface area contributed by atoms with Crippen LogP contribution in [0.15, 0.2) is 64.2 Å². The van der Waals surface area contributed by atoms with Crippen molar-refractivity contribution in [3.8, 4) is 28.7 Å². The van der Waals surface area contributed by atoms with Gasteiger partial charge in [0.1, 0.15) is 0 Å². The normalized spacial score (nSPS) is 10.6. The minimum absolute atomic E-state index is 0.174. The van der Waals surface area contributed by atoms with E-state index in [-0.39, 0.29) is 29.5 Å². The van der Waals surface area contributed by atoms with Crippen molar-refractivity contribution in [2.45, 2.75) is 19.8 Å². The lowest BCUT2D eigenvalue weighted by Gasteiger charge is -2.15. The number of carbonyl (C=O) groups is 3. The Balaban J connectivity index is 1.56. The van der Waals surface area contributed by atoms with E-state index in [1.165, 1.54) is 39.7 Å². The van der Waals surface area contributed by atoms with Gasteiger partial charge in [-0.05, 0) is 77.3 Å². The largest absolute Gasteiger partial charge is 0.493 e. The van der Waals surface area contributed by atoms with Crippen molar-refractivity contribution in [1.29, 1.82) is 0 Å². The number of hydrazone groups is 1. The summed E-state index contributed by atoms with van der Waals surface area (Å²) in [4.78, 5) is 37.3. The smallest absolute Gasteiger partial charge is 0.343 e. The summed E-state index contributed by atoms with van der Waals surface area (Å²) in [5.74, 6) is 0.309. The first-order valence-electron chi connectivity index (χ1n) is 12.9. The molecule has 0 spiro atoms. The van der Waals surface area contributed by atoms with Gasteiger partial charge in [0.05, 0.1) is 45.3 Å². The minimum atomic E-state index is -0.656. The molecule has 3 aromatic rings. The Kier molecular flexibility index (Phi) is 12.2. The zero-order valence-electron chi connectivity index (χ0n) is 23.7. The molecule has 0 saturated carbocycles. The lowest BCUT2D eigenvalue weighted by molar-refractivity contribution is -0.121. The molecule has 0 radical (unpaired) electrons. The number of esters is 1. The van der Waals surface area contributed by atoms with Gasteiger partial charge in [0.2, 0.25) is 11.7 Å². The summed E-state index contributed by atoms with van der Waals surface area (Å²) < 4.78 is 27.9. The summed E-state index contributed by atoms with van der Waals surface area (Å²) >= 11 is 3.34. The number of halogens is 1. The topological polar surface area (TPSA) is 134 Å². The first kappa shape index (κ1) is 31.9. The molecule has 11 nitrogen and oxygen atoms in total. The summed E-state index contributed by atoms with van der Waals surface area (Å²) in [5.41, 5.74) is 3.78. The van der Waals surface area contributed by atoms with Crippen LogP contribution in [0.2, 0.25) is 0 Å². The Morgan fingerprint density at radius 1 is 0.905 bits per heavy atom. The number of amides is 2. The van der Waals surface area contributed by atoms with Crippen LogP contribution in [-0.4, -0.2) is 58.5 Å². The molecule has 0 unspecified atom stereocenters. The maximum atomic E-state index is 12.9. The van der Waals surface area contributed by atoms with Crippen molar-refractivity contribution in [3.63, 3.8) is 0 Å². The summed E-state index contributed by atoms with van der Waals surface area (Å²) in [7, 11) is 4.37. The Morgan fingerprint density at radius 3 is 2.26 bits per heavy atom. The summed E-state index contributed by atoms with van der Waals surface area (Å²) in [6.07, 6.45) is 2.06. The maximum Gasteiger partial charge on any atom is 0.343 e. The quantitative estimate of drug-likeness (QED) is 0.0847. The number of methoxy groups -OCH3 is 3. The van der Waals surface area contributed by atoms with E-state index in [1.807, 2.05) is 6.07 Å². The molecule has 0 aliphatic heterocycles. The Bertz CT molecular complexity index is 1420. The first-order chi connectivity index (χ1) is 20.3. The van der Waals surface area contributed by atoms with Crippen molar-refractivity contribution < 1.29 is 38.1 Å². The molecule has 0 atom stereocenters. The second-order valence-corrected chi connectivity index (χ2v) is 9.43. The number of carbonyl (C=O) groups excluding carboxylic acids is 3. The van der Waals surface area contributed by atoms with Gasteiger partial charge in [-0.1, -0.05) is 12.1 Å². The molecule has 0 saturated heterocycles. The summed E-state index contributed by atoms with van der Waals surface area (Å²) in [6.45, 7) is 2.46. The van der Waals surface area contributed by atoms with Crippen LogP contribution >= 0.6 is 15.9 Å². The standard InChI is InChI=1S/C30H32BrN3O8/c1-5-41-24-15-19(18-33-34-27(35)11-8-14-32-29(36)21-9-6-7-10-22(21)31)12-13-23(24)42-30(37)20-16-25(38-2)28(40-4)26(17-20)39-3/h6-7,9-10,12-13,15-18H,5,8,11,14H2,1-4H3,(H,32,36)(H,34,35). The summed E-state index contributed by atoms with van der Waals surface area (Å²) in [5, 5.41) is 6.77. The van der Waals surface area contributed by atoms with Crippen molar-refractivity contribution in [2.75, 3.05) is 34.5 Å². The number of ether oxygens (including phenoxy) is 5. The number of hydrogen-bond donors (Lipinski definition) is 2. The highest BCUT2D eigenvalue weighted by atomic mass is 79.9. The molecule has 0 aliphatic carbocycles. The monoisotopic (exact) mass is 641 g/mol. The molecule has 0 aliphatic rings. The van der Waals surface area contributed by atoms with Crippen molar-refractivity contribution in [2.24, 2.45) is 5.10 Å². The van der Waals surface area contributed by atoms with Crippen LogP contribution in [0.4, 0.5) is 0 Å². The molecular formula is C30H32BrN3O8. The van der Waals surface area contributed by atoms with E-state index in [9.17, 15) is 14.4 Å². The molecule has 12 heteroatoms. The van der Waals surface area contributed by atoms with Crippen LogP contribution in [0.1, 0.15) is 46.0 Å². The zero-order chi connectivity index (χ0) is 30.5. The molecule has 0 heterocycles. The third-order valence-corrected chi connectivity index (χ3v) is 6.45. The molecular weight excluding hydrogens is 610 g/mol. The Hall–Kier alpha value is -4.58. The van der Waals surface area contributed by atoms with Gasteiger partial charge in [0, 0.05) is 17.4 Å². The maximum absolute atomic E-state index is 12.9. The highest BCUT2D eigenvalue weighted by molar-refractivity contribution is 9.10. The third kappa shape index (κ3) is 8.71. The third-order valence-electron chi connectivity index (χ3n) is 5.76. The van der Waals surface area contributed by atoms with Gasteiger partial charge in [-0.2, -0.15) is 5.10 Å². The number of benzene rings is 3. The van der Waals surface area contributed by atoms with Crippen LogP contribution in [0.5, 0.6) is 28.7 Å². The van der Waals surface area contributed by atoms with E-state index in [0.717, 1.165) is 0 Å².